The molecule has 0 radical (unpaired) electrons. The number of likely N-dealkylation sites (tertiary alicyclic amines) is 1. The van der Waals surface area contributed by atoms with Gasteiger partial charge in [0.25, 0.3) is 0 Å². The van der Waals surface area contributed by atoms with Crippen LogP contribution in [0.25, 0.3) is 0 Å². The van der Waals surface area contributed by atoms with Crippen LogP contribution in [0.2, 0.25) is 0 Å². The standard InChI is InChI=1S/C18H26N4O3S/c1-14-18(13-21(2)20-14)26(23,24)19-12-17(22-10-4-5-11-22)15-6-8-16(25-3)9-7-15/h6-9,13,17,19H,4-5,10-12H2,1-3H3/t17-/m1/s1. The number of rotatable bonds is 7. The Balaban J connectivity index is 1.80. The van der Waals surface area contributed by atoms with E-state index in [4.69, 9.17) is 4.74 Å². The normalized spacial score (nSPS) is 16.7. The lowest BCUT2D eigenvalue weighted by molar-refractivity contribution is 0.246. The first-order valence-electron chi connectivity index (χ1n) is 8.78. The number of aryl methyl sites for hydroxylation is 2. The molecule has 2 heterocycles. The summed E-state index contributed by atoms with van der Waals surface area (Å²) in [6.07, 6.45) is 3.82. The zero-order valence-electron chi connectivity index (χ0n) is 15.5. The molecule has 0 amide bonds. The maximum atomic E-state index is 12.7. The van der Waals surface area contributed by atoms with Gasteiger partial charge in [-0.05, 0) is 50.6 Å². The Morgan fingerprint density at radius 2 is 1.88 bits per heavy atom. The Hall–Kier alpha value is -1.90. The van der Waals surface area contributed by atoms with Gasteiger partial charge in [0.1, 0.15) is 10.6 Å². The summed E-state index contributed by atoms with van der Waals surface area (Å²) in [5.41, 5.74) is 1.58. The van der Waals surface area contributed by atoms with Crippen molar-refractivity contribution in [2.24, 2.45) is 7.05 Å². The van der Waals surface area contributed by atoms with Gasteiger partial charge in [-0.3, -0.25) is 9.58 Å². The molecule has 1 saturated heterocycles. The molecule has 0 spiro atoms. The summed E-state index contributed by atoms with van der Waals surface area (Å²) in [4.78, 5) is 2.57. The van der Waals surface area contributed by atoms with Crippen LogP contribution in [0.5, 0.6) is 5.75 Å². The van der Waals surface area contributed by atoms with E-state index in [2.05, 4.69) is 14.7 Å². The van der Waals surface area contributed by atoms with Gasteiger partial charge >= 0.3 is 0 Å². The predicted molar refractivity (Wildman–Crippen MR) is 99.7 cm³/mol. The second kappa shape index (κ2) is 7.77. The van der Waals surface area contributed by atoms with Crippen molar-refractivity contribution in [3.8, 4) is 5.75 Å². The molecule has 1 N–H and O–H groups in total. The molecule has 1 fully saturated rings. The van der Waals surface area contributed by atoms with Crippen molar-refractivity contribution in [2.45, 2.75) is 30.7 Å². The molecule has 1 aliphatic heterocycles. The van der Waals surface area contributed by atoms with Crippen LogP contribution >= 0.6 is 0 Å². The smallest absolute Gasteiger partial charge is 0.244 e. The van der Waals surface area contributed by atoms with Crippen molar-refractivity contribution in [1.82, 2.24) is 19.4 Å². The minimum absolute atomic E-state index is 0.00448. The minimum atomic E-state index is -3.60. The maximum absolute atomic E-state index is 12.7. The van der Waals surface area contributed by atoms with Crippen molar-refractivity contribution < 1.29 is 13.2 Å². The third kappa shape index (κ3) is 4.08. The van der Waals surface area contributed by atoms with Gasteiger partial charge < -0.3 is 4.74 Å². The SMILES string of the molecule is COc1ccc([C@@H](CNS(=O)(=O)c2cn(C)nc2C)N2CCCC2)cc1. The average molecular weight is 378 g/mol. The second-order valence-electron chi connectivity index (χ2n) is 6.64. The van der Waals surface area contributed by atoms with Crippen LogP contribution in [0.15, 0.2) is 35.4 Å². The van der Waals surface area contributed by atoms with Crippen molar-refractivity contribution >= 4 is 10.0 Å². The second-order valence-corrected chi connectivity index (χ2v) is 8.37. The molecule has 142 valence electrons. The van der Waals surface area contributed by atoms with E-state index in [1.807, 2.05) is 24.3 Å². The molecular formula is C18H26N4O3S. The molecule has 26 heavy (non-hydrogen) atoms. The fourth-order valence-corrected chi connectivity index (χ4v) is 4.70. The Morgan fingerprint density at radius 1 is 1.23 bits per heavy atom. The number of aromatic nitrogens is 2. The highest BCUT2D eigenvalue weighted by atomic mass is 32.2. The molecule has 8 heteroatoms. The minimum Gasteiger partial charge on any atom is -0.497 e. The third-order valence-electron chi connectivity index (χ3n) is 4.81. The largest absolute Gasteiger partial charge is 0.497 e. The van der Waals surface area contributed by atoms with Crippen LogP contribution in [0, 0.1) is 6.92 Å². The lowest BCUT2D eigenvalue weighted by atomic mass is 10.1. The molecule has 3 rings (SSSR count). The lowest BCUT2D eigenvalue weighted by Crippen LogP contribution is -2.36. The average Bonchev–Trinajstić information content (AvgIpc) is 3.25. The van der Waals surface area contributed by atoms with E-state index in [1.54, 1.807) is 21.1 Å². The molecule has 1 aromatic carbocycles. The fraction of sp³-hybridized carbons (Fsp3) is 0.500. The number of methoxy groups -OCH3 is 1. The van der Waals surface area contributed by atoms with Crippen LogP contribution < -0.4 is 9.46 Å². The van der Waals surface area contributed by atoms with Gasteiger partial charge in [0, 0.05) is 25.8 Å². The molecule has 7 nitrogen and oxygen atoms in total. The Kier molecular flexibility index (Phi) is 5.64. The number of hydrogen-bond donors (Lipinski definition) is 1. The number of nitrogens with one attached hydrogen (secondary N) is 1. The third-order valence-corrected chi connectivity index (χ3v) is 6.33. The van der Waals surface area contributed by atoms with E-state index in [9.17, 15) is 8.42 Å². The Morgan fingerprint density at radius 3 is 2.42 bits per heavy atom. The lowest BCUT2D eigenvalue weighted by Gasteiger charge is -2.28. The predicted octanol–water partition coefficient (Wildman–Crippen LogP) is 1.85. The van der Waals surface area contributed by atoms with Crippen LogP contribution in [-0.4, -0.2) is 49.8 Å². The highest BCUT2D eigenvalue weighted by Gasteiger charge is 2.27. The molecule has 1 aromatic heterocycles. The van der Waals surface area contributed by atoms with Gasteiger partial charge in [-0.15, -0.1) is 0 Å². The van der Waals surface area contributed by atoms with Crippen LogP contribution in [0.4, 0.5) is 0 Å². The molecule has 1 atom stereocenters. The topological polar surface area (TPSA) is 76.5 Å². The zero-order chi connectivity index (χ0) is 18.7. The molecular weight excluding hydrogens is 352 g/mol. The summed E-state index contributed by atoms with van der Waals surface area (Å²) >= 11 is 0. The van der Waals surface area contributed by atoms with E-state index in [1.165, 1.54) is 10.9 Å². The summed E-state index contributed by atoms with van der Waals surface area (Å²) in [6, 6.07) is 7.84. The molecule has 0 bridgehead atoms. The van der Waals surface area contributed by atoms with E-state index in [-0.39, 0.29) is 10.9 Å². The van der Waals surface area contributed by atoms with Gasteiger partial charge in [0.15, 0.2) is 0 Å². The summed E-state index contributed by atoms with van der Waals surface area (Å²) in [7, 11) is -0.245. The highest BCUT2D eigenvalue weighted by molar-refractivity contribution is 7.89. The molecule has 0 unspecified atom stereocenters. The first-order valence-corrected chi connectivity index (χ1v) is 10.3. The van der Waals surface area contributed by atoms with Gasteiger partial charge in [-0.2, -0.15) is 5.10 Å². The van der Waals surface area contributed by atoms with Gasteiger partial charge in [0.2, 0.25) is 10.0 Å². The van der Waals surface area contributed by atoms with E-state index in [0.717, 1.165) is 37.2 Å². The number of hydrogen-bond acceptors (Lipinski definition) is 5. The summed E-state index contributed by atoms with van der Waals surface area (Å²) in [5, 5.41) is 4.13. The van der Waals surface area contributed by atoms with Gasteiger partial charge in [-0.25, -0.2) is 13.1 Å². The molecule has 0 saturated carbocycles. The van der Waals surface area contributed by atoms with Crippen molar-refractivity contribution in [1.29, 1.82) is 0 Å². The number of ether oxygens (including phenoxy) is 1. The Bertz CT molecular complexity index is 840. The van der Waals surface area contributed by atoms with Crippen molar-refractivity contribution in [3.05, 3.63) is 41.7 Å². The maximum Gasteiger partial charge on any atom is 0.244 e. The fourth-order valence-electron chi connectivity index (χ4n) is 3.45. The molecule has 2 aromatic rings. The summed E-state index contributed by atoms with van der Waals surface area (Å²) < 4.78 is 35.0. The first-order chi connectivity index (χ1) is 12.4. The highest BCUT2D eigenvalue weighted by Crippen LogP contribution is 2.27. The number of sulfonamides is 1. The Labute approximate surface area is 155 Å². The number of benzene rings is 1. The van der Waals surface area contributed by atoms with E-state index < -0.39 is 10.0 Å². The monoisotopic (exact) mass is 378 g/mol. The van der Waals surface area contributed by atoms with Crippen LogP contribution in [0.1, 0.15) is 30.1 Å². The van der Waals surface area contributed by atoms with Crippen LogP contribution in [-0.2, 0) is 17.1 Å². The number of nitrogens with zero attached hydrogens (tertiary/aromatic N) is 3. The summed E-state index contributed by atoms with van der Waals surface area (Å²) in [5.74, 6) is 0.792. The van der Waals surface area contributed by atoms with Gasteiger partial charge in [0.05, 0.1) is 12.8 Å². The van der Waals surface area contributed by atoms with E-state index >= 15 is 0 Å². The van der Waals surface area contributed by atoms with Gasteiger partial charge in [-0.1, -0.05) is 12.1 Å². The molecule has 0 aliphatic carbocycles. The van der Waals surface area contributed by atoms with Crippen molar-refractivity contribution in [2.75, 3.05) is 26.7 Å². The first kappa shape index (κ1) is 18.9. The van der Waals surface area contributed by atoms with E-state index in [0.29, 0.717) is 12.2 Å². The quantitative estimate of drug-likeness (QED) is 0.796. The zero-order valence-corrected chi connectivity index (χ0v) is 16.3. The van der Waals surface area contributed by atoms with Crippen molar-refractivity contribution in [3.63, 3.8) is 0 Å². The summed E-state index contributed by atoms with van der Waals surface area (Å²) in [6.45, 7) is 3.98. The van der Waals surface area contributed by atoms with Crippen LogP contribution in [0.3, 0.4) is 0 Å². The molecule has 1 aliphatic rings.